The molecule has 0 N–H and O–H groups in total. The second-order valence-corrected chi connectivity index (χ2v) is 14.3. The van der Waals surface area contributed by atoms with Gasteiger partial charge >= 0.3 is 0 Å². The fourth-order valence-corrected chi connectivity index (χ4v) is 9.00. The summed E-state index contributed by atoms with van der Waals surface area (Å²) >= 11 is 1.85. The van der Waals surface area contributed by atoms with Gasteiger partial charge in [-0.2, -0.15) is 0 Å². The Labute approximate surface area is 302 Å². The quantitative estimate of drug-likeness (QED) is 0.186. The van der Waals surface area contributed by atoms with E-state index in [9.17, 15) is 0 Å². The first-order valence-electron chi connectivity index (χ1n) is 17.4. The molecule has 3 heterocycles. The molecule has 0 fully saturated rings. The van der Waals surface area contributed by atoms with Gasteiger partial charge in [0.05, 0.1) is 16.7 Å². The molecule has 11 rings (SSSR count). The molecule has 0 radical (unpaired) electrons. The van der Waals surface area contributed by atoms with Crippen molar-refractivity contribution in [2.75, 3.05) is 0 Å². The molecule has 5 heteroatoms. The van der Waals surface area contributed by atoms with Gasteiger partial charge in [-0.25, -0.2) is 15.0 Å². The van der Waals surface area contributed by atoms with Crippen LogP contribution >= 0.6 is 11.3 Å². The summed E-state index contributed by atoms with van der Waals surface area (Å²) in [6.07, 6.45) is 0. The van der Waals surface area contributed by atoms with Gasteiger partial charge in [0, 0.05) is 47.6 Å². The third-order valence-corrected chi connectivity index (χ3v) is 11.4. The molecular weight excluding hydrogens is 653 g/mol. The maximum absolute atomic E-state index is 5.27. The fourth-order valence-electron chi connectivity index (χ4n) is 7.75. The molecule has 11 aromatic rings. The van der Waals surface area contributed by atoms with Crippen molar-refractivity contribution < 1.29 is 0 Å². The summed E-state index contributed by atoms with van der Waals surface area (Å²) in [5.74, 6) is 1.92. The van der Waals surface area contributed by atoms with Crippen LogP contribution in [0.15, 0.2) is 170 Å². The maximum atomic E-state index is 5.27. The Morgan fingerprint density at radius 1 is 0.385 bits per heavy atom. The molecule has 0 bridgehead atoms. The predicted molar refractivity (Wildman–Crippen MR) is 218 cm³/mol. The highest BCUT2D eigenvalue weighted by molar-refractivity contribution is 7.26. The molecule has 3 aromatic heterocycles. The van der Waals surface area contributed by atoms with E-state index in [1.54, 1.807) is 0 Å². The van der Waals surface area contributed by atoms with Crippen LogP contribution in [-0.2, 0) is 0 Å². The first-order valence-corrected chi connectivity index (χ1v) is 18.3. The van der Waals surface area contributed by atoms with E-state index in [4.69, 9.17) is 15.0 Å². The van der Waals surface area contributed by atoms with Crippen LogP contribution in [0.3, 0.4) is 0 Å². The van der Waals surface area contributed by atoms with E-state index >= 15 is 0 Å². The summed E-state index contributed by atoms with van der Waals surface area (Å²) in [4.78, 5) is 15.6. The summed E-state index contributed by atoms with van der Waals surface area (Å²) < 4.78 is 4.93. The predicted octanol–water partition coefficient (Wildman–Crippen LogP) is 12.6. The average molecular weight is 681 g/mol. The number of hydrogen-bond acceptors (Lipinski definition) is 4. The van der Waals surface area contributed by atoms with E-state index < -0.39 is 0 Å². The smallest absolute Gasteiger partial charge is 0.166 e. The number of benzene rings is 8. The van der Waals surface area contributed by atoms with Crippen LogP contribution in [0.1, 0.15) is 0 Å². The number of fused-ring (bicyclic) bond motifs is 9. The molecule has 0 saturated heterocycles. The Bertz CT molecular complexity index is 3120. The van der Waals surface area contributed by atoms with E-state index in [-0.39, 0.29) is 0 Å². The van der Waals surface area contributed by atoms with Crippen LogP contribution in [0, 0.1) is 0 Å². The Balaban J connectivity index is 1.29. The molecule has 242 valence electrons. The van der Waals surface area contributed by atoms with E-state index in [1.165, 1.54) is 52.5 Å². The lowest BCUT2D eigenvalue weighted by Crippen LogP contribution is -2.03. The highest BCUT2D eigenvalue weighted by atomic mass is 32.1. The van der Waals surface area contributed by atoms with E-state index in [2.05, 4.69) is 138 Å². The van der Waals surface area contributed by atoms with Gasteiger partial charge in [0.25, 0.3) is 0 Å². The van der Waals surface area contributed by atoms with Crippen molar-refractivity contribution >= 4 is 74.9 Å². The first kappa shape index (κ1) is 29.1. The maximum Gasteiger partial charge on any atom is 0.166 e. The summed E-state index contributed by atoms with van der Waals surface area (Å²) in [7, 11) is 0. The topological polar surface area (TPSA) is 43.6 Å². The van der Waals surface area contributed by atoms with Gasteiger partial charge in [0.2, 0.25) is 0 Å². The van der Waals surface area contributed by atoms with Crippen LogP contribution in [0.4, 0.5) is 0 Å². The van der Waals surface area contributed by atoms with Crippen LogP contribution in [0.25, 0.3) is 103 Å². The molecule has 0 amide bonds. The monoisotopic (exact) mass is 680 g/mol. The Morgan fingerprint density at radius 2 is 0.981 bits per heavy atom. The molecule has 0 aliphatic carbocycles. The zero-order valence-electron chi connectivity index (χ0n) is 27.9. The minimum atomic E-state index is 0.636. The molecule has 0 atom stereocenters. The third kappa shape index (κ3) is 4.50. The average Bonchev–Trinajstić information content (AvgIpc) is 3.75. The number of hydrogen-bond donors (Lipinski definition) is 0. The number of aromatic nitrogens is 4. The molecule has 4 nitrogen and oxygen atoms in total. The van der Waals surface area contributed by atoms with Crippen LogP contribution in [0.5, 0.6) is 0 Å². The lowest BCUT2D eigenvalue weighted by Gasteiger charge is -2.15. The Kier molecular flexibility index (Phi) is 6.39. The van der Waals surface area contributed by atoms with Crippen molar-refractivity contribution in [2.45, 2.75) is 0 Å². The molecule has 8 aromatic carbocycles. The van der Waals surface area contributed by atoms with Crippen molar-refractivity contribution in [1.82, 2.24) is 19.5 Å². The lowest BCUT2D eigenvalue weighted by atomic mass is 10.0. The summed E-state index contributed by atoms with van der Waals surface area (Å²) in [5, 5.41) is 9.80. The molecule has 52 heavy (non-hydrogen) atoms. The summed E-state index contributed by atoms with van der Waals surface area (Å²) in [6.45, 7) is 0. The molecule has 0 saturated carbocycles. The Morgan fingerprint density at radius 3 is 1.71 bits per heavy atom. The molecule has 0 unspecified atom stereocenters. The van der Waals surface area contributed by atoms with Crippen molar-refractivity contribution in [3.05, 3.63) is 170 Å². The van der Waals surface area contributed by atoms with Crippen LogP contribution in [0.2, 0.25) is 0 Å². The summed E-state index contributed by atoms with van der Waals surface area (Å²) in [6, 6.07) is 60.3. The number of rotatable bonds is 4. The van der Waals surface area contributed by atoms with Gasteiger partial charge in [0.1, 0.15) is 0 Å². The number of para-hydroxylation sites is 1. The zero-order chi connectivity index (χ0) is 34.2. The third-order valence-electron chi connectivity index (χ3n) is 10.2. The van der Waals surface area contributed by atoms with Crippen molar-refractivity contribution in [2.24, 2.45) is 0 Å². The van der Waals surface area contributed by atoms with E-state index in [0.717, 1.165) is 33.4 Å². The van der Waals surface area contributed by atoms with E-state index in [1.807, 2.05) is 47.7 Å². The van der Waals surface area contributed by atoms with E-state index in [0.29, 0.717) is 17.5 Å². The molecule has 0 spiro atoms. The second kappa shape index (κ2) is 11.4. The fraction of sp³-hybridized carbons (Fsp3) is 0. The van der Waals surface area contributed by atoms with Crippen molar-refractivity contribution in [3.8, 4) is 39.9 Å². The van der Waals surface area contributed by atoms with Gasteiger partial charge in [-0.3, -0.25) is 0 Å². The van der Waals surface area contributed by atoms with Gasteiger partial charge in [-0.1, -0.05) is 140 Å². The molecular formula is C47H28N4S. The zero-order valence-corrected chi connectivity index (χ0v) is 28.7. The van der Waals surface area contributed by atoms with Gasteiger partial charge in [0.15, 0.2) is 17.5 Å². The highest BCUT2D eigenvalue weighted by Gasteiger charge is 2.22. The largest absolute Gasteiger partial charge is 0.308 e. The lowest BCUT2D eigenvalue weighted by molar-refractivity contribution is 1.07. The SMILES string of the molecule is c1ccc(-c2nc(-c3ccccc3)nc(-c3cc4c(cc3-n3c5ccccc5c5cc6ccccc6cc53)sc3c5ccccc5ccc43)n2)cc1. The van der Waals surface area contributed by atoms with Gasteiger partial charge in [-0.05, 0) is 51.9 Å². The van der Waals surface area contributed by atoms with Gasteiger partial charge < -0.3 is 4.57 Å². The van der Waals surface area contributed by atoms with Crippen molar-refractivity contribution in [1.29, 1.82) is 0 Å². The Hall–Kier alpha value is -6.69. The molecule has 0 aliphatic heterocycles. The standard InChI is InChI=1S/C47H28N4S/c1-3-14-30(15-4-1)45-48-46(31-16-5-2-6-17-31)50-47(49-45)39-27-38-36-24-23-29-13-9-10-20-34(29)44(36)52-43(38)28-42(39)51-40-22-12-11-21-35(40)37-25-32-18-7-8-19-33(32)26-41(37)51/h1-28H. The minimum Gasteiger partial charge on any atom is -0.308 e. The minimum absolute atomic E-state index is 0.636. The first-order chi connectivity index (χ1) is 25.8. The normalized spacial score (nSPS) is 11.8. The second-order valence-electron chi connectivity index (χ2n) is 13.2. The number of thiophene rings is 1. The van der Waals surface area contributed by atoms with Crippen LogP contribution in [-0.4, -0.2) is 19.5 Å². The molecule has 0 aliphatic rings. The highest BCUT2D eigenvalue weighted by Crippen LogP contribution is 2.44. The summed E-state index contributed by atoms with van der Waals surface area (Å²) in [5.41, 5.74) is 6.17. The number of nitrogens with zero attached hydrogens (tertiary/aromatic N) is 4. The van der Waals surface area contributed by atoms with Gasteiger partial charge in [-0.15, -0.1) is 11.3 Å². The van der Waals surface area contributed by atoms with Crippen LogP contribution < -0.4 is 0 Å². The van der Waals surface area contributed by atoms with Crippen molar-refractivity contribution in [3.63, 3.8) is 0 Å².